The average Bonchev–Trinajstić information content (AvgIpc) is 2.65. The van der Waals surface area contributed by atoms with Gasteiger partial charge in [0.25, 0.3) is 0 Å². The van der Waals surface area contributed by atoms with Gasteiger partial charge in [0.15, 0.2) is 6.33 Å². The van der Waals surface area contributed by atoms with Crippen molar-refractivity contribution in [1.29, 1.82) is 0 Å². The molecule has 1 unspecified atom stereocenters. The van der Waals surface area contributed by atoms with Gasteiger partial charge in [0, 0.05) is 6.92 Å². The Bertz CT molecular complexity index is 402. The second kappa shape index (κ2) is 5.97. The number of nitrogens with zero attached hydrogens (tertiary/aromatic N) is 3. The van der Waals surface area contributed by atoms with Crippen molar-refractivity contribution in [2.45, 2.75) is 39.3 Å². The standard InChI is InChI=1S/C10H15N3O4/c1-3-4-9(17-8(2)14)6-12-7-11-5-10(12)13(15)16/h5,7,9H,3-4,6H2,1-2H3. The molecule has 0 radical (unpaired) electrons. The summed E-state index contributed by atoms with van der Waals surface area (Å²) >= 11 is 0. The van der Waals surface area contributed by atoms with Crippen molar-refractivity contribution in [3.8, 4) is 0 Å². The number of rotatable bonds is 6. The quantitative estimate of drug-likeness (QED) is 0.428. The number of imidazole rings is 1. The van der Waals surface area contributed by atoms with E-state index in [1.807, 2.05) is 6.92 Å². The Morgan fingerprint density at radius 3 is 2.94 bits per heavy atom. The number of hydrogen-bond acceptors (Lipinski definition) is 5. The zero-order valence-electron chi connectivity index (χ0n) is 9.83. The van der Waals surface area contributed by atoms with Crippen molar-refractivity contribution >= 4 is 11.8 Å². The fraction of sp³-hybridized carbons (Fsp3) is 0.600. The van der Waals surface area contributed by atoms with E-state index in [0.29, 0.717) is 6.42 Å². The molecular weight excluding hydrogens is 226 g/mol. The third-order valence-corrected chi connectivity index (χ3v) is 2.22. The summed E-state index contributed by atoms with van der Waals surface area (Å²) in [6.45, 7) is 3.54. The maximum Gasteiger partial charge on any atom is 0.342 e. The fourth-order valence-electron chi connectivity index (χ4n) is 1.57. The molecule has 0 aliphatic carbocycles. The van der Waals surface area contributed by atoms with Crippen LogP contribution in [-0.4, -0.2) is 26.5 Å². The largest absolute Gasteiger partial charge is 0.458 e. The van der Waals surface area contributed by atoms with Gasteiger partial charge in [0.2, 0.25) is 0 Å². The van der Waals surface area contributed by atoms with Crippen molar-refractivity contribution in [1.82, 2.24) is 9.55 Å². The summed E-state index contributed by atoms with van der Waals surface area (Å²) in [5, 5.41) is 10.7. The highest BCUT2D eigenvalue weighted by Gasteiger charge is 2.19. The van der Waals surface area contributed by atoms with Crippen LogP contribution in [0.5, 0.6) is 0 Å². The summed E-state index contributed by atoms with van der Waals surface area (Å²) in [5.41, 5.74) is 0. The second-order valence-corrected chi connectivity index (χ2v) is 3.68. The first-order valence-corrected chi connectivity index (χ1v) is 5.36. The van der Waals surface area contributed by atoms with Gasteiger partial charge >= 0.3 is 11.8 Å². The predicted octanol–water partition coefficient (Wildman–Crippen LogP) is 1.52. The molecule has 1 atom stereocenters. The van der Waals surface area contributed by atoms with Crippen LogP contribution in [0.15, 0.2) is 12.5 Å². The third kappa shape index (κ3) is 3.86. The van der Waals surface area contributed by atoms with Gasteiger partial charge in [-0.25, -0.2) is 9.55 Å². The first-order chi connectivity index (χ1) is 8.04. The zero-order valence-corrected chi connectivity index (χ0v) is 9.83. The topological polar surface area (TPSA) is 87.3 Å². The Morgan fingerprint density at radius 2 is 2.41 bits per heavy atom. The molecule has 17 heavy (non-hydrogen) atoms. The van der Waals surface area contributed by atoms with Crippen LogP contribution in [0.2, 0.25) is 0 Å². The van der Waals surface area contributed by atoms with Crippen LogP contribution in [0, 0.1) is 10.1 Å². The minimum Gasteiger partial charge on any atom is -0.458 e. The Balaban J connectivity index is 2.74. The summed E-state index contributed by atoms with van der Waals surface area (Å²) in [4.78, 5) is 24.8. The number of aromatic nitrogens is 2. The van der Waals surface area contributed by atoms with Crippen LogP contribution in [-0.2, 0) is 16.1 Å². The van der Waals surface area contributed by atoms with Gasteiger partial charge in [-0.1, -0.05) is 13.3 Å². The SMILES string of the molecule is CCCC(Cn1cncc1[N+](=O)[O-])OC(C)=O. The molecule has 7 heteroatoms. The molecule has 0 aliphatic rings. The van der Waals surface area contributed by atoms with Crippen molar-refractivity contribution < 1.29 is 14.5 Å². The third-order valence-electron chi connectivity index (χ3n) is 2.22. The first kappa shape index (κ1) is 13.1. The maximum atomic E-state index is 10.9. The van der Waals surface area contributed by atoms with E-state index < -0.39 is 4.92 Å². The van der Waals surface area contributed by atoms with Gasteiger partial charge in [-0.05, 0) is 11.3 Å². The average molecular weight is 241 g/mol. The lowest BCUT2D eigenvalue weighted by Gasteiger charge is -2.14. The highest BCUT2D eigenvalue weighted by Crippen LogP contribution is 2.13. The van der Waals surface area contributed by atoms with Gasteiger partial charge in [-0.2, -0.15) is 0 Å². The fourth-order valence-corrected chi connectivity index (χ4v) is 1.57. The molecule has 0 fully saturated rings. The molecule has 0 amide bonds. The molecule has 0 saturated carbocycles. The van der Waals surface area contributed by atoms with Crippen LogP contribution in [0.4, 0.5) is 5.82 Å². The molecule has 0 spiro atoms. The summed E-state index contributed by atoms with van der Waals surface area (Å²) in [6.07, 6.45) is 3.68. The number of hydrogen-bond donors (Lipinski definition) is 0. The normalized spacial score (nSPS) is 12.1. The second-order valence-electron chi connectivity index (χ2n) is 3.68. The van der Waals surface area contributed by atoms with E-state index in [9.17, 15) is 14.9 Å². The van der Waals surface area contributed by atoms with Crippen molar-refractivity contribution in [2.75, 3.05) is 0 Å². The number of ether oxygens (including phenoxy) is 1. The van der Waals surface area contributed by atoms with E-state index in [2.05, 4.69) is 4.98 Å². The van der Waals surface area contributed by atoms with Crippen molar-refractivity contribution in [3.05, 3.63) is 22.6 Å². The predicted molar refractivity (Wildman–Crippen MR) is 59.3 cm³/mol. The van der Waals surface area contributed by atoms with Gasteiger partial charge < -0.3 is 14.9 Å². The van der Waals surface area contributed by atoms with Crippen molar-refractivity contribution in [2.24, 2.45) is 0 Å². The molecule has 0 saturated heterocycles. The van der Waals surface area contributed by atoms with E-state index in [1.54, 1.807) is 0 Å². The lowest BCUT2D eigenvalue weighted by atomic mass is 10.2. The van der Waals surface area contributed by atoms with E-state index >= 15 is 0 Å². The van der Waals surface area contributed by atoms with Gasteiger partial charge in [0.1, 0.15) is 18.8 Å². The van der Waals surface area contributed by atoms with Crippen LogP contribution < -0.4 is 0 Å². The Hall–Kier alpha value is -1.92. The number of esters is 1. The molecule has 1 rings (SSSR count). The molecule has 1 aromatic heterocycles. The van der Waals surface area contributed by atoms with E-state index in [1.165, 1.54) is 24.0 Å². The molecule has 94 valence electrons. The van der Waals surface area contributed by atoms with E-state index in [0.717, 1.165) is 6.42 Å². The molecule has 1 aromatic rings. The molecule has 0 N–H and O–H groups in total. The maximum absolute atomic E-state index is 10.9. The monoisotopic (exact) mass is 241 g/mol. The first-order valence-electron chi connectivity index (χ1n) is 5.36. The van der Waals surface area contributed by atoms with Crippen LogP contribution in [0.25, 0.3) is 0 Å². The number of nitro groups is 1. The number of carbonyl (C=O) groups is 1. The Labute approximate surface area is 98.6 Å². The smallest absolute Gasteiger partial charge is 0.342 e. The Morgan fingerprint density at radius 1 is 1.71 bits per heavy atom. The van der Waals surface area contributed by atoms with E-state index in [4.69, 9.17) is 4.74 Å². The zero-order chi connectivity index (χ0) is 12.8. The highest BCUT2D eigenvalue weighted by molar-refractivity contribution is 5.66. The minimum absolute atomic E-state index is 0.0988. The van der Waals surface area contributed by atoms with Gasteiger partial charge in [-0.3, -0.25) is 4.79 Å². The minimum atomic E-state index is -0.510. The van der Waals surface area contributed by atoms with E-state index in [-0.39, 0.29) is 24.4 Å². The van der Waals surface area contributed by atoms with Crippen molar-refractivity contribution in [3.63, 3.8) is 0 Å². The lowest BCUT2D eigenvalue weighted by molar-refractivity contribution is -0.392. The summed E-state index contributed by atoms with van der Waals surface area (Å²) in [5.74, 6) is -0.482. The van der Waals surface area contributed by atoms with Crippen LogP contribution in [0.3, 0.4) is 0 Å². The van der Waals surface area contributed by atoms with Gasteiger partial charge in [0.05, 0.1) is 0 Å². The molecule has 1 heterocycles. The molecule has 0 bridgehead atoms. The Kier molecular flexibility index (Phi) is 4.62. The number of carbonyl (C=O) groups excluding carboxylic acids is 1. The summed E-state index contributed by atoms with van der Waals surface area (Å²) in [7, 11) is 0. The molecular formula is C10H15N3O4. The highest BCUT2D eigenvalue weighted by atomic mass is 16.6. The van der Waals surface area contributed by atoms with Gasteiger partial charge in [-0.15, -0.1) is 0 Å². The lowest BCUT2D eigenvalue weighted by Crippen LogP contribution is -2.22. The molecule has 0 aliphatic heterocycles. The molecule has 0 aromatic carbocycles. The summed E-state index contributed by atoms with van der Waals surface area (Å²) < 4.78 is 6.47. The molecule has 7 nitrogen and oxygen atoms in total. The van der Waals surface area contributed by atoms with Crippen LogP contribution in [0.1, 0.15) is 26.7 Å². The van der Waals surface area contributed by atoms with Crippen LogP contribution >= 0.6 is 0 Å². The summed E-state index contributed by atoms with van der Waals surface area (Å²) in [6, 6.07) is 0.